The van der Waals surface area contributed by atoms with Crippen LogP contribution >= 0.6 is 0 Å². The number of aryl methyl sites for hydroxylation is 2. The lowest BCUT2D eigenvalue weighted by atomic mass is 10.1. The molecule has 1 aliphatic rings. The third kappa shape index (κ3) is 4.52. The van der Waals surface area contributed by atoms with Crippen molar-refractivity contribution in [3.8, 4) is 0 Å². The fraction of sp³-hybridized carbons (Fsp3) is 0.524. The number of rotatable bonds is 7. The molecule has 1 aromatic heterocycles. The number of carbonyl (C=O) groups excluding carboxylic acids is 1. The van der Waals surface area contributed by atoms with E-state index in [9.17, 15) is 4.79 Å². The highest BCUT2D eigenvalue weighted by Gasteiger charge is 2.23. The summed E-state index contributed by atoms with van der Waals surface area (Å²) in [5, 5.41) is 4.55. The van der Waals surface area contributed by atoms with Gasteiger partial charge in [-0.05, 0) is 44.7 Å². The molecule has 140 valence electrons. The monoisotopic (exact) mass is 355 g/mol. The van der Waals surface area contributed by atoms with Gasteiger partial charge in [0.25, 0.3) is 0 Å². The lowest BCUT2D eigenvalue weighted by Crippen LogP contribution is -2.37. The molecule has 1 aromatic carbocycles. The zero-order chi connectivity index (χ0) is 18.5. The van der Waals surface area contributed by atoms with Crippen molar-refractivity contribution in [1.82, 2.24) is 14.7 Å². The van der Waals surface area contributed by atoms with Gasteiger partial charge in [0.15, 0.2) is 0 Å². The number of carbonyl (C=O) groups is 1. The van der Waals surface area contributed by atoms with Gasteiger partial charge in [0.05, 0.1) is 11.8 Å². The Hall–Kier alpha value is -2.14. The molecule has 26 heavy (non-hydrogen) atoms. The maximum absolute atomic E-state index is 12.9. The van der Waals surface area contributed by atoms with Crippen LogP contribution in [-0.2, 0) is 22.6 Å². The van der Waals surface area contributed by atoms with E-state index in [1.54, 1.807) is 0 Å². The normalized spacial score (nSPS) is 16.8. The fourth-order valence-corrected chi connectivity index (χ4v) is 3.46. The molecule has 5 nitrogen and oxygen atoms in total. The van der Waals surface area contributed by atoms with E-state index >= 15 is 0 Å². The summed E-state index contributed by atoms with van der Waals surface area (Å²) in [6.45, 7) is 8.89. The molecule has 1 amide bonds. The predicted molar refractivity (Wildman–Crippen MR) is 102 cm³/mol. The third-order valence-corrected chi connectivity index (χ3v) is 5.30. The van der Waals surface area contributed by atoms with Crippen molar-refractivity contribution >= 4 is 5.91 Å². The maximum atomic E-state index is 12.9. The van der Waals surface area contributed by atoms with Crippen LogP contribution in [0.25, 0.3) is 0 Å². The van der Waals surface area contributed by atoms with E-state index < -0.39 is 0 Å². The summed E-state index contributed by atoms with van der Waals surface area (Å²) in [4.78, 5) is 14.9. The number of aromatic nitrogens is 2. The molecule has 1 aliphatic heterocycles. The van der Waals surface area contributed by atoms with E-state index in [4.69, 9.17) is 4.74 Å². The Kier molecular flexibility index (Phi) is 6.09. The lowest BCUT2D eigenvalue weighted by molar-refractivity contribution is -0.133. The van der Waals surface area contributed by atoms with Crippen LogP contribution in [0.3, 0.4) is 0 Å². The second-order valence-electron chi connectivity index (χ2n) is 7.16. The minimum absolute atomic E-state index is 0.162. The van der Waals surface area contributed by atoms with Crippen molar-refractivity contribution < 1.29 is 9.53 Å². The summed E-state index contributed by atoms with van der Waals surface area (Å²) in [5.41, 5.74) is 4.54. The first-order valence-corrected chi connectivity index (χ1v) is 9.48. The van der Waals surface area contributed by atoms with Gasteiger partial charge in [0.1, 0.15) is 0 Å². The highest BCUT2D eigenvalue weighted by molar-refractivity contribution is 5.76. The summed E-state index contributed by atoms with van der Waals surface area (Å²) in [7, 11) is 0. The second kappa shape index (κ2) is 8.49. The smallest absolute Gasteiger partial charge is 0.224 e. The molecule has 2 heterocycles. The fourth-order valence-electron chi connectivity index (χ4n) is 3.46. The molecule has 5 heteroatoms. The predicted octanol–water partition coefficient (Wildman–Crippen LogP) is 3.41. The Morgan fingerprint density at radius 1 is 1.27 bits per heavy atom. The molecule has 2 aromatic rings. The number of hydrogen-bond acceptors (Lipinski definition) is 3. The van der Waals surface area contributed by atoms with Crippen molar-refractivity contribution in [2.24, 2.45) is 0 Å². The van der Waals surface area contributed by atoms with Gasteiger partial charge in [0, 0.05) is 38.4 Å². The Bertz CT molecular complexity index is 733. The molecule has 0 bridgehead atoms. The molecule has 0 saturated carbocycles. The molecule has 1 saturated heterocycles. The van der Waals surface area contributed by atoms with Crippen molar-refractivity contribution in [3.05, 3.63) is 52.8 Å². The SMILES string of the molecule is Cc1nn(CCC(=O)N(Cc2ccccc2)C[C@H]2CCCO2)c(C)c1C. The van der Waals surface area contributed by atoms with E-state index in [0.717, 1.165) is 36.4 Å². The summed E-state index contributed by atoms with van der Waals surface area (Å²) in [6.07, 6.45) is 2.75. The number of ether oxygens (including phenoxy) is 1. The lowest BCUT2D eigenvalue weighted by Gasteiger charge is -2.26. The van der Waals surface area contributed by atoms with Gasteiger partial charge in [-0.15, -0.1) is 0 Å². The van der Waals surface area contributed by atoms with Gasteiger partial charge >= 0.3 is 0 Å². The first-order valence-electron chi connectivity index (χ1n) is 9.48. The van der Waals surface area contributed by atoms with Crippen LogP contribution in [0.1, 0.15) is 41.8 Å². The topological polar surface area (TPSA) is 47.4 Å². The van der Waals surface area contributed by atoms with Crippen molar-refractivity contribution in [1.29, 1.82) is 0 Å². The van der Waals surface area contributed by atoms with Crippen LogP contribution in [0.5, 0.6) is 0 Å². The average Bonchev–Trinajstić information content (AvgIpc) is 3.24. The van der Waals surface area contributed by atoms with Crippen LogP contribution in [0.15, 0.2) is 30.3 Å². The van der Waals surface area contributed by atoms with Gasteiger partial charge in [-0.25, -0.2) is 0 Å². The Balaban J connectivity index is 1.65. The quantitative estimate of drug-likeness (QED) is 0.765. The zero-order valence-electron chi connectivity index (χ0n) is 16.1. The number of amides is 1. The molecule has 1 fully saturated rings. The molecule has 3 rings (SSSR count). The van der Waals surface area contributed by atoms with Gasteiger partial charge in [-0.1, -0.05) is 30.3 Å². The summed E-state index contributed by atoms with van der Waals surface area (Å²) >= 11 is 0. The molecular formula is C21H29N3O2. The standard InChI is InChI=1S/C21H29N3O2/c1-16-17(2)22-24(18(16)3)12-11-21(25)23(15-20-10-7-13-26-20)14-19-8-5-4-6-9-19/h4-6,8-9,20H,7,10-15H2,1-3H3/t20-/m1/s1. The van der Waals surface area contributed by atoms with Crippen LogP contribution < -0.4 is 0 Å². The minimum atomic E-state index is 0.162. The van der Waals surface area contributed by atoms with Gasteiger partial charge in [-0.2, -0.15) is 5.10 Å². The van der Waals surface area contributed by atoms with Crippen molar-refractivity contribution in [2.45, 2.75) is 59.2 Å². The largest absolute Gasteiger partial charge is 0.376 e. The number of nitrogens with zero attached hydrogens (tertiary/aromatic N) is 3. The third-order valence-electron chi connectivity index (χ3n) is 5.30. The molecule has 0 N–H and O–H groups in total. The molecular weight excluding hydrogens is 326 g/mol. The minimum Gasteiger partial charge on any atom is -0.376 e. The van der Waals surface area contributed by atoms with Gasteiger partial charge in [0.2, 0.25) is 5.91 Å². The molecule has 0 radical (unpaired) electrons. The van der Waals surface area contributed by atoms with E-state index in [0.29, 0.717) is 26.1 Å². The van der Waals surface area contributed by atoms with Crippen LogP contribution in [0.4, 0.5) is 0 Å². The number of benzene rings is 1. The van der Waals surface area contributed by atoms with Crippen LogP contribution in [0.2, 0.25) is 0 Å². The highest BCUT2D eigenvalue weighted by atomic mass is 16.5. The van der Waals surface area contributed by atoms with E-state index in [1.807, 2.05) is 34.7 Å². The van der Waals surface area contributed by atoms with E-state index in [1.165, 1.54) is 5.56 Å². The van der Waals surface area contributed by atoms with Crippen LogP contribution in [-0.4, -0.2) is 39.8 Å². The molecule has 0 spiro atoms. The molecule has 1 atom stereocenters. The molecule has 0 unspecified atom stereocenters. The zero-order valence-corrected chi connectivity index (χ0v) is 16.1. The average molecular weight is 355 g/mol. The number of hydrogen-bond donors (Lipinski definition) is 0. The van der Waals surface area contributed by atoms with Crippen LogP contribution in [0, 0.1) is 20.8 Å². The summed E-state index contributed by atoms with van der Waals surface area (Å²) < 4.78 is 7.71. The van der Waals surface area contributed by atoms with Crippen molar-refractivity contribution in [2.75, 3.05) is 13.2 Å². The van der Waals surface area contributed by atoms with Gasteiger partial charge in [-0.3, -0.25) is 9.48 Å². The first kappa shape index (κ1) is 18.6. The van der Waals surface area contributed by atoms with Gasteiger partial charge < -0.3 is 9.64 Å². The highest BCUT2D eigenvalue weighted by Crippen LogP contribution is 2.17. The van der Waals surface area contributed by atoms with E-state index in [-0.39, 0.29) is 12.0 Å². The maximum Gasteiger partial charge on any atom is 0.224 e. The Labute approximate surface area is 156 Å². The Morgan fingerprint density at radius 3 is 2.65 bits per heavy atom. The first-order chi connectivity index (χ1) is 12.5. The van der Waals surface area contributed by atoms with E-state index in [2.05, 4.69) is 31.1 Å². The summed E-state index contributed by atoms with van der Waals surface area (Å²) in [6, 6.07) is 10.2. The second-order valence-corrected chi connectivity index (χ2v) is 7.16. The molecule has 0 aliphatic carbocycles. The van der Waals surface area contributed by atoms with Crippen molar-refractivity contribution in [3.63, 3.8) is 0 Å². The summed E-state index contributed by atoms with van der Waals surface area (Å²) in [5.74, 6) is 0.162. The Morgan fingerprint density at radius 2 is 2.04 bits per heavy atom.